The Morgan fingerprint density at radius 2 is 1.59 bits per heavy atom. The van der Waals surface area contributed by atoms with E-state index in [1.54, 1.807) is 12.1 Å². The fraction of sp³-hybridized carbons (Fsp3) is 0.500. The number of ether oxygens (including phenoxy) is 1. The van der Waals surface area contributed by atoms with Crippen molar-refractivity contribution in [2.24, 2.45) is 0 Å². The van der Waals surface area contributed by atoms with Crippen LogP contribution in [0.15, 0.2) is 24.3 Å². The summed E-state index contributed by atoms with van der Waals surface area (Å²) in [5.41, 5.74) is 0.885. The third-order valence-corrected chi connectivity index (χ3v) is 1.98. The van der Waals surface area contributed by atoms with Crippen molar-refractivity contribution in [3.63, 3.8) is 0 Å². The number of hydrogen-bond acceptors (Lipinski definition) is 2. The van der Waals surface area contributed by atoms with E-state index in [2.05, 4.69) is 10.1 Å². The summed E-state index contributed by atoms with van der Waals surface area (Å²) in [6.07, 6.45) is -4.63. The van der Waals surface area contributed by atoms with Crippen LogP contribution in [0, 0.1) is 0 Å². The normalized spacial score (nSPS) is 12.6. The molecule has 2 nitrogen and oxygen atoms in total. The maximum atomic E-state index is 11.9. The second-order valence-corrected chi connectivity index (χ2v) is 4.80. The molecular weight excluding hydrogens is 231 g/mol. The SMILES string of the molecule is CC(C)(C)NCc1ccc(OC(F)(F)F)cc1. The van der Waals surface area contributed by atoms with Crippen molar-refractivity contribution in [1.29, 1.82) is 0 Å². The molecule has 0 spiro atoms. The lowest BCUT2D eigenvalue weighted by atomic mass is 10.1. The van der Waals surface area contributed by atoms with E-state index in [0.29, 0.717) is 6.54 Å². The van der Waals surface area contributed by atoms with Crippen molar-refractivity contribution in [3.05, 3.63) is 29.8 Å². The van der Waals surface area contributed by atoms with Gasteiger partial charge in [0.1, 0.15) is 5.75 Å². The Labute approximate surface area is 98.8 Å². The van der Waals surface area contributed by atoms with E-state index in [1.807, 2.05) is 20.8 Å². The second kappa shape index (κ2) is 4.96. The summed E-state index contributed by atoms with van der Waals surface area (Å²) in [4.78, 5) is 0. The Morgan fingerprint density at radius 3 is 2.00 bits per heavy atom. The first-order chi connectivity index (χ1) is 7.66. The molecule has 1 aromatic rings. The first-order valence-corrected chi connectivity index (χ1v) is 5.25. The van der Waals surface area contributed by atoms with Gasteiger partial charge in [-0.3, -0.25) is 0 Å². The summed E-state index contributed by atoms with van der Waals surface area (Å²) in [7, 11) is 0. The minimum Gasteiger partial charge on any atom is -0.406 e. The van der Waals surface area contributed by atoms with Crippen LogP contribution in [-0.4, -0.2) is 11.9 Å². The smallest absolute Gasteiger partial charge is 0.406 e. The van der Waals surface area contributed by atoms with Crippen molar-refractivity contribution >= 4 is 0 Å². The molecule has 0 bridgehead atoms. The molecule has 1 rings (SSSR count). The largest absolute Gasteiger partial charge is 0.573 e. The molecule has 0 fully saturated rings. The predicted molar refractivity (Wildman–Crippen MR) is 59.7 cm³/mol. The number of hydrogen-bond donors (Lipinski definition) is 1. The fourth-order valence-corrected chi connectivity index (χ4v) is 1.18. The molecule has 0 saturated carbocycles. The number of halogens is 3. The van der Waals surface area contributed by atoms with E-state index >= 15 is 0 Å². The third kappa shape index (κ3) is 6.16. The Balaban J connectivity index is 2.56. The summed E-state index contributed by atoms with van der Waals surface area (Å²) in [5, 5.41) is 3.24. The summed E-state index contributed by atoms with van der Waals surface area (Å²) in [5.74, 6) is -0.197. The molecule has 96 valence electrons. The van der Waals surface area contributed by atoms with Crippen LogP contribution in [0.1, 0.15) is 26.3 Å². The first-order valence-electron chi connectivity index (χ1n) is 5.25. The van der Waals surface area contributed by atoms with E-state index in [1.165, 1.54) is 12.1 Å². The second-order valence-electron chi connectivity index (χ2n) is 4.80. The van der Waals surface area contributed by atoms with Crippen molar-refractivity contribution in [2.45, 2.75) is 39.2 Å². The van der Waals surface area contributed by atoms with Crippen LogP contribution in [0.3, 0.4) is 0 Å². The van der Waals surface area contributed by atoms with Gasteiger partial charge in [0.2, 0.25) is 0 Å². The lowest BCUT2D eigenvalue weighted by Gasteiger charge is -2.20. The third-order valence-electron chi connectivity index (χ3n) is 1.98. The molecule has 0 aromatic heterocycles. The van der Waals surface area contributed by atoms with Crippen LogP contribution in [0.5, 0.6) is 5.75 Å². The maximum Gasteiger partial charge on any atom is 0.573 e. The van der Waals surface area contributed by atoms with Gasteiger partial charge >= 0.3 is 6.36 Å². The molecule has 1 N–H and O–H groups in total. The van der Waals surface area contributed by atoms with E-state index in [4.69, 9.17) is 0 Å². The Kier molecular flexibility index (Phi) is 4.03. The summed E-state index contributed by atoms with van der Waals surface area (Å²) < 4.78 is 39.5. The van der Waals surface area contributed by atoms with Crippen molar-refractivity contribution in [3.8, 4) is 5.75 Å². The van der Waals surface area contributed by atoms with Crippen LogP contribution in [0.25, 0.3) is 0 Å². The van der Waals surface area contributed by atoms with Gasteiger partial charge in [0.05, 0.1) is 0 Å². The van der Waals surface area contributed by atoms with Crippen LogP contribution >= 0.6 is 0 Å². The average Bonchev–Trinajstić information content (AvgIpc) is 2.13. The van der Waals surface area contributed by atoms with Gasteiger partial charge in [-0.25, -0.2) is 0 Å². The zero-order valence-electron chi connectivity index (χ0n) is 10.1. The van der Waals surface area contributed by atoms with Crippen LogP contribution in [0.2, 0.25) is 0 Å². The summed E-state index contributed by atoms with van der Waals surface area (Å²) >= 11 is 0. The van der Waals surface area contributed by atoms with Crippen LogP contribution in [0.4, 0.5) is 13.2 Å². The quantitative estimate of drug-likeness (QED) is 0.883. The molecule has 0 aliphatic rings. The van der Waals surface area contributed by atoms with Crippen molar-refractivity contribution < 1.29 is 17.9 Å². The van der Waals surface area contributed by atoms with E-state index in [-0.39, 0.29) is 11.3 Å². The maximum absolute atomic E-state index is 11.9. The molecule has 0 unspecified atom stereocenters. The van der Waals surface area contributed by atoms with Gasteiger partial charge in [0, 0.05) is 12.1 Å². The molecule has 0 amide bonds. The van der Waals surface area contributed by atoms with Gasteiger partial charge in [-0.2, -0.15) is 0 Å². The lowest BCUT2D eigenvalue weighted by molar-refractivity contribution is -0.274. The number of nitrogens with one attached hydrogen (secondary N) is 1. The lowest BCUT2D eigenvalue weighted by Crippen LogP contribution is -2.35. The van der Waals surface area contributed by atoms with E-state index in [9.17, 15) is 13.2 Å². The van der Waals surface area contributed by atoms with Crippen molar-refractivity contribution in [2.75, 3.05) is 0 Å². The molecule has 0 heterocycles. The van der Waals surface area contributed by atoms with Gasteiger partial charge in [0.25, 0.3) is 0 Å². The fourth-order valence-electron chi connectivity index (χ4n) is 1.18. The summed E-state index contributed by atoms with van der Waals surface area (Å²) in [6.45, 7) is 6.67. The molecule has 17 heavy (non-hydrogen) atoms. The summed E-state index contributed by atoms with van der Waals surface area (Å²) in [6, 6.07) is 5.85. The van der Waals surface area contributed by atoms with E-state index in [0.717, 1.165) is 5.56 Å². The highest BCUT2D eigenvalue weighted by atomic mass is 19.4. The number of rotatable bonds is 3. The van der Waals surface area contributed by atoms with Gasteiger partial charge in [0.15, 0.2) is 0 Å². The average molecular weight is 247 g/mol. The molecule has 0 aliphatic heterocycles. The van der Waals surface area contributed by atoms with Gasteiger partial charge in [-0.05, 0) is 38.5 Å². The molecule has 5 heteroatoms. The van der Waals surface area contributed by atoms with E-state index < -0.39 is 6.36 Å². The van der Waals surface area contributed by atoms with Gasteiger partial charge in [-0.1, -0.05) is 12.1 Å². The highest BCUT2D eigenvalue weighted by Crippen LogP contribution is 2.22. The Morgan fingerprint density at radius 1 is 1.06 bits per heavy atom. The monoisotopic (exact) mass is 247 g/mol. The minimum absolute atomic E-state index is 0.0266. The zero-order chi connectivity index (χ0) is 13.1. The van der Waals surface area contributed by atoms with Crippen LogP contribution in [-0.2, 0) is 6.54 Å². The Bertz CT molecular complexity index is 351. The zero-order valence-corrected chi connectivity index (χ0v) is 10.1. The molecule has 0 saturated heterocycles. The number of alkyl halides is 3. The molecule has 1 aromatic carbocycles. The van der Waals surface area contributed by atoms with Crippen LogP contribution < -0.4 is 10.1 Å². The standard InChI is InChI=1S/C12H16F3NO/c1-11(2,3)16-8-9-4-6-10(7-5-9)17-12(13,14)15/h4-7,16H,8H2,1-3H3. The number of benzene rings is 1. The molecule has 0 aliphatic carbocycles. The highest BCUT2D eigenvalue weighted by Gasteiger charge is 2.30. The molecular formula is C12H16F3NO. The molecule has 0 radical (unpaired) electrons. The topological polar surface area (TPSA) is 21.3 Å². The predicted octanol–water partition coefficient (Wildman–Crippen LogP) is 3.47. The minimum atomic E-state index is -4.63. The van der Waals surface area contributed by atoms with Crippen molar-refractivity contribution in [1.82, 2.24) is 5.32 Å². The Hall–Kier alpha value is -1.23. The molecule has 0 atom stereocenters. The van der Waals surface area contributed by atoms with Gasteiger partial charge < -0.3 is 10.1 Å². The van der Waals surface area contributed by atoms with Gasteiger partial charge in [-0.15, -0.1) is 13.2 Å². The first kappa shape index (κ1) is 13.8. The highest BCUT2D eigenvalue weighted by molar-refractivity contribution is 5.27.